The molecule has 0 atom stereocenters. The Bertz CT molecular complexity index is 1170. The fourth-order valence-electron chi connectivity index (χ4n) is 4.49. The number of pyridine rings is 1. The van der Waals surface area contributed by atoms with Crippen LogP contribution in [0.15, 0.2) is 48.5 Å². The van der Waals surface area contributed by atoms with Crippen molar-refractivity contribution in [3.63, 3.8) is 0 Å². The number of morpholine rings is 1. The molecule has 2 N–H and O–H groups in total. The first kappa shape index (κ1) is 21.9. The summed E-state index contributed by atoms with van der Waals surface area (Å²) in [6.45, 7) is 5.28. The summed E-state index contributed by atoms with van der Waals surface area (Å²) in [5.74, 6) is 0.387. The number of rotatable bonds is 7. The Morgan fingerprint density at radius 1 is 1.12 bits per heavy atom. The standard InChI is InChI=1S/C26H26ClN3O3/c27-19-4-2-17(3-5-19)24-16-23(26(28)31)22-15-18-14-20(6-7-21(18)25(22)29-24)33-11-1-8-30-9-12-32-13-10-30/h2-7,14,16H,1,8-13,15H2,(H2,28,31). The molecule has 1 amide bonds. The van der Waals surface area contributed by atoms with Gasteiger partial charge in [-0.1, -0.05) is 23.7 Å². The van der Waals surface area contributed by atoms with Gasteiger partial charge in [0.25, 0.3) is 0 Å². The van der Waals surface area contributed by atoms with Crippen molar-refractivity contribution in [2.24, 2.45) is 5.73 Å². The van der Waals surface area contributed by atoms with Gasteiger partial charge < -0.3 is 15.2 Å². The Morgan fingerprint density at radius 2 is 1.91 bits per heavy atom. The maximum absolute atomic E-state index is 12.3. The molecule has 2 aromatic carbocycles. The monoisotopic (exact) mass is 463 g/mol. The average molecular weight is 464 g/mol. The molecule has 0 bridgehead atoms. The lowest BCUT2D eigenvalue weighted by atomic mass is 10.0. The molecule has 170 valence electrons. The first-order valence-electron chi connectivity index (χ1n) is 11.2. The molecule has 1 fully saturated rings. The molecular formula is C26H26ClN3O3. The summed E-state index contributed by atoms with van der Waals surface area (Å²) in [6.07, 6.45) is 1.58. The van der Waals surface area contributed by atoms with Gasteiger partial charge in [0.2, 0.25) is 5.91 Å². The molecule has 1 aromatic heterocycles. The Labute approximate surface area is 198 Å². The lowest BCUT2D eigenvalue weighted by molar-refractivity contribution is 0.0358. The van der Waals surface area contributed by atoms with E-state index in [9.17, 15) is 4.79 Å². The SMILES string of the molecule is NC(=O)c1cc(-c2ccc(Cl)cc2)nc2c1Cc1cc(OCCCN3CCOCC3)ccc1-2. The van der Waals surface area contributed by atoms with Crippen LogP contribution < -0.4 is 10.5 Å². The van der Waals surface area contributed by atoms with E-state index in [1.807, 2.05) is 36.4 Å². The van der Waals surface area contributed by atoms with Crippen molar-refractivity contribution in [1.29, 1.82) is 0 Å². The number of halogens is 1. The number of primary amides is 1. The highest BCUT2D eigenvalue weighted by Crippen LogP contribution is 2.40. The van der Waals surface area contributed by atoms with Crippen molar-refractivity contribution >= 4 is 17.5 Å². The van der Waals surface area contributed by atoms with Crippen LogP contribution in [0.25, 0.3) is 22.5 Å². The maximum Gasteiger partial charge on any atom is 0.249 e. The molecular weight excluding hydrogens is 438 g/mol. The van der Waals surface area contributed by atoms with E-state index in [4.69, 9.17) is 31.8 Å². The highest BCUT2D eigenvalue weighted by molar-refractivity contribution is 6.30. The number of carbonyl (C=O) groups is 1. The molecule has 1 aliphatic carbocycles. The van der Waals surface area contributed by atoms with Crippen molar-refractivity contribution in [2.45, 2.75) is 12.8 Å². The second-order valence-electron chi connectivity index (χ2n) is 8.41. The minimum atomic E-state index is -0.448. The molecule has 1 aliphatic heterocycles. The van der Waals surface area contributed by atoms with E-state index in [1.54, 1.807) is 6.07 Å². The van der Waals surface area contributed by atoms with Crippen LogP contribution in [0.5, 0.6) is 5.75 Å². The van der Waals surface area contributed by atoms with Gasteiger partial charge in [0.15, 0.2) is 0 Å². The zero-order valence-electron chi connectivity index (χ0n) is 18.4. The van der Waals surface area contributed by atoms with E-state index >= 15 is 0 Å². The van der Waals surface area contributed by atoms with Crippen LogP contribution in [0.2, 0.25) is 5.02 Å². The fraction of sp³-hybridized carbons (Fsp3) is 0.308. The number of amides is 1. The summed E-state index contributed by atoms with van der Waals surface area (Å²) < 4.78 is 11.4. The lowest BCUT2D eigenvalue weighted by Gasteiger charge is -2.26. The van der Waals surface area contributed by atoms with Gasteiger partial charge in [0.1, 0.15) is 5.75 Å². The van der Waals surface area contributed by atoms with E-state index in [2.05, 4.69) is 11.0 Å². The third-order valence-corrected chi connectivity index (χ3v) is 6.47. The highest BCUT2D eigenvalue weighted by Gasteiger charge is 2.26. The van der Waals surface area contributed by atoms with Crippen molar-refractivity contribution < 1.29 is 14.3 Å². The molecule has 2 heterocycles. The summed E-state index contributed by atoms with van der Waals surface area (Å²) in [5, 5.41) is 0.651. The van der Waals surface area contributed by atoms with E-state index in [-0.39, 0.29) is 0 Å². The van der Waals surface area contributed by atoms with Crippen LogP contribution in [-0.4, -0.2) is 55.2 Å². The van der Waals surface area contributed by atoms with E-state index in [1.165, 1.54) is 0 Å². The Balaban J connectivity index is 1.34. The molecule has 0 unspecified atom stereocenters. The minimum Gasteiger partial charge on any atom is -0.494 e. The van der Waals surface area contributed by atoms with Gasteiger partial charge >= 0.3 is 0 Å². The second kappa shape index (κ2) is 9.51. The first-order valence-corrected chi connectivity index (χ1v) is 11.6. The van der Waals surface area contributed by atoms with E-state index in [0.717, 1.165) is 73.0 Å². The molecule has 6 nitrogen and oxygen atoms in total. The molecule has 0 spiro atoms. The minimum absolute atomic E-state index is 0.448. The summed E-state index contributed by atoms with van der Waals surface area (Å²) in [5.41, 5.74) is 11.6. The molecule has 5 rings (SSSR count). The van der Waals surface area contributed by atoms with Gasteiger partial charge in [-0.2, -0.15) is 0 Å². The number of nitrogens with two attached hydrogens (primary N) is 1. The number of hydrogen-bond donors (Lipinski definition) is 1. The second-order valence-corrected chi connectivity index (χ2v) is 8.84. The summed E-state index contributed by atoms with van der Waals surface area (Å²) >= 11 is 6.03. The molecule has 2 aliphatic rings. The van der Waals surface area contributed by atoms with Gasteiger partial charge in [-0.25, -0.2) is 4.98 Å². The number of benzene rings is 2. The van der Waals surface area contributed by atoms with Crippen molar-refractivity contribution in [3.05, 3.63) is 70.2 Å². The fourth-order valence-corrected chi connectivity index (χ4v) is 4.62. The van der Waals surface area contributed by atoms with Crippen LogP contribution in [0.4, 0.5) is 0 Å². The molecule has 7 heteroatoms. The van der Waals surface area contributed by atoms with Gasteiger partial charge in [0.05, 0.1) is 31.2 Å². The number of hydrogen-bond acceptors (Lipinski definition) is 5. The smallest absolute Gasteiger partial charge is 0.249 e. The van der Waals surface area contributed by atoms with Crippen LogP contribution in [0.3, 0.4) is 0 Å². The normalized spacial score (nSPS) is 15.2. The highest BCUT2D eigenvalue weighted by atomic mass is 35.5. The largest absolute Gasteiger partial charge is 0.494 e. The van der Waals surface area contributed by atoms with Gasteiger partial charge in [0, 0.05) is 47.8 Å². The zero-order chi connectivity index (χ0) is 22.8. The number of carbonyl (C=O) groups excluding carboxylic acids is 1. The Hall–Kier alpha value is -2.93. The first-order chi connectivity index (χ1) is 16.1. The van der Waals surface area contributed by atoms with Crippen LogP contribution in [-0.2, 0) is 11.2 Å². The van der Waals surface area contributed by atoms with Crippen LogP contribution in [0.1, 0.15) is 27.9 Å². The number of fused-ring (bicyclic) bond motifs is 3. The van der Waals surface area contributed by atoms with E-state index < -0.39 is 5.91 Å². The third kappa shape index (κ3) is 4.74. The average Bonchev–Trinajstić information content (AvgIpc) is 3.20. The summed E-state index contributed by atoms with van der Waals surface area (Å²) in [7, 11) is 0. The van der Waals surface area contributed by atoms with Crippen LogP contribution in [0, 0.1) is 0 Å². The molecule has 0 saturated carbocycles. The van der Waals surface area contributed by atoms with Gasteiger partial charge in [-0.15, -0.1) is 0 Å². The summed E-state index contributed by atoms with van der Waals surface area (Å²) in [4.78, 5) is 19.5. The zero-order valence-corrected chi connectivity index (χ0v) is 19.1. The molecule has 0 radical (unpaired) electrons. The molecule has 1 saturated heterocycles. The molecule has 3 aromatic rings. The van der Waals surface area contributed by atoms with E-state index in [0.29, 0.717) is 29.3 Å². The quantitative estimate of drug-likeness (QED) is 0.416. The summed E-state index contributed by atoms with van der Waals surface area (Å²) in [6, 6.07) is 15.2. The molecule has 33 heavy (non-hydrogen) atoms. The van der Waals surface area contributed by atoms with Gasteiger partial charge in [-0.3, -0.25) is 9.69 Å². The topological polar surface area (TPSA) is 77.7 Å². The van der Waals surface area contributed by atoms with Gasteiger partial charge in [-0.05, 0) is 53.9 Å². The number of nitrogens with zero attached hydrogens (tertiary/aromatic N) is 2. The Kier molecular flexibility index (Phi) is 6.31. The Morgan fingerprint density at radius 3 is 2.67 bits per heavy atom. The maximum atomic E-state index is 12.3. The predicted molar refractivity (Wildman–Crippen MR) is 129 cm³/mol. The predicted octanol–water partition coefficient (Wildman–Crippen LogP) is 4.17. The van der Waals surface area contributed by atoms with Crippen molar-refractivity contribution in [1.82, 2.24) is 9.88 Å². The third-order valence-electron chi connectivity index (χ3n) is 6.22. The lowest BCUT2D eigenvalue weighted by Crippen LogP contribution is -2.37. The van der Waals surface area contributed by atoms with Crippen molar-refractivity contribution in [3.8, 4) is 28.3 Å². The number of aromatic nitrogens is 1. The van der Waals surface area contributed by atoms with Crippen molar-refractivity contribution in [2.75, 3.05) is 39.5 Å². The van der Waals surface area contributed by atoms with Crippen LogP contribution >= 0.6 is 11.6 Å². The number of ether oxygens (including phenoxy) is 2.